The van der Waals surface area contributed by atoms with Crippen molar-refractivity contribution in [3.05, 3.63) is 0 Å². The lowest BCUT2D eigenvalue weighted by molar-refractivity contribution is -0.161. The quantitative estimate of drug-likeness (QED) is 0.0534. The summed E-state index contributed by atoms with van der Waals surface area (Å²) in [6, 6.07) is 0. The molecule has 0 fully saturated rings. The Morgan fingerprint density at radius 1 is 0.478 bits per heavy atom. The van der Waals surface area contributed by atoms with E-state index < -0.39 is 6.10 Å². The monoisotopic (exact) mass is 653 g/mol. The van der Waals surface area contributed by atoms with Crippen molar-refractivity contribution in [2.75, 3.05) is 13.2 Å². The molecule has 46 heavy (non-hydrogen) atoms. The van der Waals surface area contributed by atoms with Gasteiger partial charge in [0.2, 0.25) is 0 Å². The summed E-state index contributed by atoms with van der Waals surface area (Å²) in [7, 11) is 0. The van der Waals surface area contributed by atoms with Gasteiger partial charge >= 0.3 is 11.9 Å². The van der Waals surface area contributed by atoms with Crippen LogP contribution >= 0.6 is 0 Å². The zero-order chi connectivity index (χ0) is 33.8. The second-order valence-electron chi connectivity index (χ2n) is 14.6. The van der Waals surface area contributed by atoms with Crippen LogP contribution in [0.5, 0.6) is 0 Å². The van der Waals surface area contributed by atoms with Crippen LogP contribution in [0.15, 0.2) is 0 Å². The minimum Gasteiger partial charge on any atom is -0.462 e. The van der Waals surface area contributed by atoms with Crippen LogP contribution in [0.1, 0.15) is 226 Å². The van der Waals surface area contributed by atoms with Crippen LogP contribution in [0.2, 0.25) is 0 Å². The minimum atomic E-state index is -0.762. The first-order chi connectivity index (χ1) is 22.5. The summed E-state index contributed by atoms with van der Waals surface area (Å²) in [5, 5.41) is 9.55. The van der Waals surface area contributed by atoms with E-state index in [0.29, 0.717) is 12.8 Å². The molecule has 0 aromatic rings. The first-order valence-corrected chi connectivity index (χ1v) is 20.5. The largest absolute Gasteiger partial charge is 0.462 e. The van der Waals surface area contributed by atoms with Crippen molar-refractivity contribution in [1.82, 2.24) is 0 Å². The van der Waals surface area contributed by atoms with Gasteiger partial charge in [0, 0.05) is 12.8 Å². The minimum absolute atomic E-state index is 0.0579. The van der Waals surface area contributed by atoms with Crippen LogP contribution in [0.3, 0.4) is 0 Å². The first-order valence-electron chi connectivity index (χ1n) is 20.5. The van der Waals surface area contributed by atoms with Gasteiger partial charge < -0.3 is 14.6 Å². The van der Waals surface area contributed by atoms with Gasteiger partial charge in [-0.3, -0.25) is 9.59 Å². The number of rotatable bonds is 37. The van der Waals surface area contributed by atoms with Crippen LogP contribution in [-0.4, -0.2) is 36.4 Å². The summed E-state index contributed by atoms with van der Waals surface area (Å²) in [4.78, 5) is 24.2. The van der Waals surface area contributed by atoms with E-state index in [2.05, 4.69) is 20.8 Å². The highest BCUT2D eigenvalue weighted by atomic mass is 16.6. The van der Waals surface area contributed by atoms with E-state index in [-0.39, 0.29) is 25.2 Å². The summed E-state index contributed by atoms with van der Waals surface area (Å²) in [5.74, 6) is 0.250. The van der Waals surface area contributed by atoms with E-state index >= 15 is 0 Å². The van der Waals surface area contributed by atoms with Gasteiger partial charge in [-0.15, -0.1) is 0 Å². The zero-order valence-corrected chi connectivity index (χ0v) is 31.3. The molecule has 274 valence electrons. The highest BCUT2D eigenvalue weighted by Gasteiger charge is 2.16. The molecular formula is C41H80O5. The summed E-state index contributed by atoms with van der Waals surface area (Å²) in [6.45, 7) is 6.50. The topological polar surface area (TPSA) is 72.8 Å². The van der Waals surface area contributed by atoms with E-state index in [1.807, 2.05) is 0 Å². The SMILES string of the molecule is CCCCCCCCCCCCCCCCCCCCCC(=O)OC[C@H](CO)OC(=O)CCCCCCCCCCCCC(C)C. The van der Waals surface area contributed by atoms with Gasteiger partial charge in [0.15, 0.2) is 6.10 Å². The fourth-order valence-electron chi connectivity index (χ4n) is 6.21. The average molecular weight is 653 g/mol. The molecule has 0 amide bonds. The molecule has 0 aliphatic rings. The molecule has 0 saturated heterocycles. The maximum Gasteiger partial charge on any atom is 0.306 e. The molecule has 0 aliphatic heterocycles. The summed E-state index contributed by atoms with van der Waals surface area (Å²) >= 11 is 0. The molecule has 0 aromatic carbocycles. The number of ether oxygens (including phenoxy) is 2. The number of hydrogen-bond acceptors (Lipinski definition) is 5. The standard InChI is InChI=1S/C41H80O5/c1-4-5-6-7-8-9-10-11-12-13-14-15-16-17-18-22-25-28-31-34-40(43)45-37-39(36-42)46-41(44)35-32-29-26-23-20-19-21-24-27-30-33-38(2)3/h38-39,42H,4-37H2,1-3H3/t39-/m0/s1. The zero-order valence-electron chi connectivity index (χ0n) is 31.3. The van der Waals surface area contributed by atoms with Crippen molar-refractivity contribution < 1.29 is 24.2 Å². The van der Waals surface area contributed by atoms with Gasteiger partial charge in [-0.2, -0.15) is 0 Å². The van der Waals surface area contributed by atoms with Crippen LogP contribution < -0.4 is 0 Å². The molecule has 0 bridgehead atoms. The maximum absolute atomic E-state index is 12.1. The Bertz CT molecular complexity index is 634. The normalized spacial score (nSPS) is 12.1. The van der Waals surface area contributed by atoms with E-state index in [1.54, 1.807) is 0 Å². The molecule has 0 spiro atoms. The molecule has 0 aromatic heterocycles. The van der Waals surface area contributed by atoms with Gasteiger partial charge in [0.1, 0.15) is 6.61 Å². The van der Waals surface area contributed by atoms with Crippen molar-refractivity contribution in [1.29, 1.82) is 0 Å². The predicted octanol–water partition coefficient (Wildman–Crippen LogP) is 12.6. The molecule has 0 heterocycles. The van der Waals surface area contributed by atoms with E-state index in [9.17, 15) is 14.7 Å². The van der Waals surface area contributed by atoms with Crippen molar-refractivity contribution in [3.8, 4) is 0 Å². The fourth-order valence-corrected chi connectivity index (χ4v) is 6.21. The molecule has 0 radical (unpaired) electrons. The third kappa shape index (κ3) is 35.7. The Labute approximate surface area is 287 Å². The van der Waals surface area contributed by atoms with E-state index in [0.717, 1.165) is 38.0 Å². The lowest BCUT2D eigenvalue weighted by atomic mass is 10.0. The number of aliphatic hydroxyl groups excluding tert-OH is 1. The lowest BCUT2D eigenvalue weighted by Gasteiger charge is -2.15. The van der Waals surface area contributed by atoms with Crippen LogP contribution in [0, 0.1) is 5.92 Å². The van der Waals surface area contributed by atoms with Crippen LogP contribution in [-0.2, 0) is 19.1 Å². The molecule has 5 heteroatoms. The number of aliphatic hydroxyl groups is 1. The highest BCUT2D eigenvalue weighted by molar-refractivity contribution is 5.70. The van der Waals surface area contributed by atoms with Gasteiger partial charge in [0.05, 0.1) is 6.61 Å². The Balaban J connectivity index is 3.47. The average Bonchev–Trinajstić information content (AvgIpc) is 3.04. The van der Waals surface area contributed by atoms with Crippen LogP contribution in [0.25, 0.3) is 0 Å². The molecule has 0 aliphatic carbocycles. The number of esters is 2. The third-order valence-corrected chi connectivity index (χ3v) is 9.33. The highest BCUT2D eigenvalue weighted by Crippen LogP contribution is 2.16. The molecule has 0 unspecified atom stereocenters. The van der Waals surface area contributed by atoms with E-state index in [1.165, 1.54) is 161 Å². The van der Waals surface area contributed by atoms with Gasteiger partial charge in [-0.1, -0.05) is 201 Å². The van der Waals surface area contributed by atoms with Crippen molar-refractivity contribution in [3.63, 3.8) is 0 Å². The third-order valence-electron chi connectivity index (χ3n) is 9.33. The molecule has 1 N–H and O–H groups in total. The van der Waals surface area contributed by atoms with Crippen molar-refractivity contribution >= 4 is 11.9 Å². The van der Waals surface area contributed by atoms with Gasteiger partial charge in [0.25, 0.3) is 0 Å². The summed E-state index contributed by atoms with van der Waals surface area (Å²) in [5.41, 5.74) is 0. The van der Waals surface area contributed by atoms with E-state index in [4.69, 9.17) is 9.47 Å². The predicted molar refractivity (Wildman–Crippen MR) is 196 cm³/mol. The van der Waals surface area contributed by atoms with Gasteiger partial charge in [-0.05, 0) is 18.8 Å². The second kappa shape index (κ2) is 36.7. The second-order valence-corrected chi connectivity index (χ2v) is 14.6. The summed E-state index contributed by atoms with van der Waals surface area (Å²) < 4.78 is 10.6. The number of carbonyl (C=O) groups is 2. The maximum atomic E-state index is 12.1. The molecular weight excluding hydrogens is 572 g/mol. The summed E-state index contributed by atoms with van der Waals surface area (Å²) in [6.07, 6.45) is 38.8. The first kappa shape index (κ1) is 44.9. The molecule has 0 rings (SSSR count). The van der Waals surface area contributed by atoms with Crippen molar-refractivity contribution in [2.24, 2.45) is 5.92 Å². The Morgan fingerprint density at radius 3 is 1.15 bits per heavy atom. The smallest absolute Gasteiger partial charge is 0.306 e. The fraction of sp³-hybridized carbons (Fsp3) is 0.951. The molecule has 0 saturated carbocycles. The number of unbranched alkanes of at least 4 members (excludes halogenated alkanes) is 27. The van der Waals surface area contributed by atoms with Crippen LogP contribution in [0.4, 0.5) is 0 Å². The number of hydrogen-bond donors (Lipinski definition) is 1. The Morgan fingerprint density at radius 2 is 0.804 bits per heavy atom. The Hall–Kier alpha value is -1.10. The molecule has 5 nitrogen and oxygen atoms in total. The molecule has 1 atom stereocenters. The lowest BCUT2D eigenvalue weighted by Crippen LogP contribution is -2.28. The number of carbonyl (C=O) groups excluding carboxylic acids is 2. The Kier molecular flexibility index (Phi) is 35.9. The van der Waals surface area contributed by atoms with Crippen molar-refractivity contribution in [2.45, 2.75) is 232 Å². The van der Waals surface area contributed by atoms with Gasteiger partial charge in [-0.25, -0.2) is 0 Å².